The highest BCUT2D eigenvalue weighted by molar-refractivity contribution is 7.89. The van der Waals surface area contributed by atoms with Gasteiger partial charge in [-0.3, -0.25) is 9.59 Å². The minimum atomic E-state index is -3.56. The van der Waals surface area contributed by atoms with Gasteiger partial charge in [0, 0.05) is 80.7 Å². The standard InChI is InChI=1S/C26H30N4O4S/c1-19-7-8-23-21(17-19)22-18-29(12-11-24(22)27-23)26(32)10-9-25(31)28-13-15-30(16-14-28)35(33,34)20-5-3-2-4-6-20/h2-8,17,27H,9-16,18H2,1H3. The van der Waals surface area contributed by atoms with E-state index in [4.69, 9.17) is 0 Å². The molecule has 0 saturated carbocycles. The molecule has 3 heterocycles. The summed E-state index contributed by atoms with van der Waals surface area (Å²) in [7, 11) is -3.56. The van der Waals surface area contributed by atoms with Crippen molar-refractivity contribution in [2.45, 2.75) is 37.6 Å². The number of benzene rings is 2. The number of aryl methyl sites for hydroxylation is 1. The normalized spacial score (nSPS) is 16.9. The van der Waals surface area contributed by atoms with E-state index in [1.54, 1.807) is 35.2 Å². The van der Waals surface area contributed by atoms with E-state index in [2.05, 4.69) is 30.1 Å². The van der Waals surface area contributed by atoms with E-state index in [1.807, 2.05) is 4.90 Å². The lowest BCUT2D eigenvalue weighted by Crippen LogP contribution is -2.50. The SMILES string of the molecule is Cc1ccc2[nH]c3c(c2c1)CN(C(=O)CCC(=O)N1CCN(S(=O)(=O)c2ccccc2)CC1)CC3. The van der Waals surface area contributed by atoms with Crippen molar-refractivity contribution in [3.8, 4) is 0 Å². The molecule has 5 rings (SSSR count). The molecule has 0 aliphatic carbocycles. The Morgan fingerprint density at radius 2 is 1.57 bits per heavy atom. The molecule has 2 aliphatic rings. The number of hydrogen-bond acceptors (Lipinski definition) is 4. The summed E-state index contributed by atoms with van der Waals surface area (Å²) in [5, 5.41) is 1.16. The maximum Gasteiger partial charge on any atom is 0.243 e. The monoisotopic (exact) mass is 494 g/mol. The molecule has 2 amide bonds. The highest BCUT2D eigenvalue weighted by Crippen LogP contribution is 2.29. The van der Waals surface area contributed by atoms with Crippen molar-refractivity contribution in [1.82, 2.24) is 19.1 Å². The van der Waals surface area contributed by atoms with Gasteiger partial charge in [-0.25, -0.2) is 8.42 Å². The number of piperazine rings is 1. The number of amides is 2. The van der Waals surface area contributed by atoms with Crippen LogP contribution in [0, 0.1) is 6.92 Å². The van der Waals surface area contributed by atoms with E-state index in [0.717, 1.165) is 17.3 Å². The van der Waals surface area contributed by atoms with Crippen molar-refractivity contribution in [2.75, 3.05) is 32.7 Å². The van der Waals surface area contributed by atoms with Crippen molar-refractivity contribution < 1.29 is 18.0 Å². The molecular formula is C26H30N4O4S. The highest BCUT2D eigenvalue weighted by atomic mass is 32.2. The first-order valence-corrected chi connectivity index (χ1v) is 13.5. The second-order valence-electron chi connectivity index (χ2n) is 9.29. The number of carbonyl (C=O) groups is 2. The Morgan fingerprint density at radius 3 is 2.29 bits per heavy atom. The number of nitrogens with one attached hydrogen (secondary N) is 1. The van der Waals surface area contributed by atoms with Gasteiger partial charge in [-0.1, -0.05) is 29.8 Å². The molecule has 184 valence electrons. The molecule has 35 heavy (non-hydrogen) atoms. The Bertz CT molecular complexity index is 1360. The molecule has 0 atom stereocenters. The van der Waals surface area contributed by atoms with Gasteiger partial charge in [0.05, 0.1) is 4.90 Å². The maximum atomic E-state index is 12.9. The third kappa shape index (κ3) is 4.70. The molecule has 0 radical (unpaired) electrons. The summed E-state index contributed by atoms with van der Waals surface area (Å²) < 4.78 is 27.0. The first kappa shape index (κ1) is 23.6. The van der Waals surface area contributed by atoms with Crippen LogP contribution >= 0.6 is 0 Å². The Kier molecular flexibility index (Phi) is 6.37. The minimum Gasteiger partial charge on any atom is -0.358 e. The molecule has 8 nitrogen and oxygen atoms in total. The van der Waals surface area contributed by atoms with Gasteiger partial charge in [-0.05, 0) is 31.2 Å². The van der Waals surface area contributed by atoms with Crippen LogP contribution < -0.4 is 0 Å². The van der Waals surface area contributed by atoms with Crippen LogP contribution in [0.25, 0.3) is 10.9 Å². The van der Waals surface area contributed by atoms with Crippen LogP contribution in [-0.2, 0) is 32.6 Å². The van der Waals surface area contributed by atoms with Crippen molar-refractivity contribution in [3.05, 3.63) is 65.4 Å². The predicted octanol–water partition coefficient (Wildman–Crippen LogP) is 2.67. The lowest BCUT2D eigenvalue weighted by molar-refractivity contribution is -0.138. The zero-order valence-electron chi connectivity index (χ0n) is 19.9. The lowest BCUT2D eigenvalue weighted by atomic mass is 10.0. The Morgan fingerprint density at radius 1 is 0.886 bits per heavy atom. The van der Waals surface area contributed by atoms with Gasteiger partial charge in [0.25, 0.3) is 0 Å². The molecule has 2 aromatic carbocycles. The van der Waals surface area contributed by atoms with E-state index >= 15 is 0 Å². The van der Waals surface area contributed by atoms with Crippen LogP contribution in [0.2, 0.25) is 0 Å². The number of carbonyl (C=O) groups excluding carboxylic acids is 2. The average molecular weight is 495 g/mol. The Hall–Kier alpha value is -3.17. The molecule has 1 N–H and O–H groups in total. The highest BCUT2D eigenvalue weighted by Gasteiger charge is 2.30. The molecule has 3 aromatic rings. The number of aromatic nitrogens is 1. The van der Waals surface area contributed by atoms with Gasteiger partial charge >= 0.3 is 0 Å². The number of hydrogen-bond donors (Lipinski definition) is 1. The van der Waals surface area contributed by atoms with Crippen LogP contribution in [0.15, 0.2) is 53.4 Å². The minimum absolute atomic E-state index is 0.0173. The quantitative estimate of drug-likeness (QED) is 0.590. The second-order valence-corrected chi connectivity index (χ2v) is 11.2. The Labute approximate surface area is 205 Å². The molecule has 1 saturated heterocycles. The van der Waals surface area contributed by atoms with Crippen LogP contribution in [0.5, 0.6) is 0 Å². The Balaban J connectivity index is 1.14. The van der Waals surface area contributed by atoms with Gasteiger partial charge in [0.15, 0.2) is 0 Å². The van der Waals surface area contributed by atoms with Crippen molar-refractivity contribution >= 4 is 32.7 Å². The zero-order valence-corrected chi connectivity index (χ0v) is 20.7. The van der Waals surface area contributed by atoms with Gasteiger partial charge in [0.1, 0.15) is 0 Å². The number of nitrogens with zero attached hydrogens (tertiary/aromatic N) is 3. The predicted molar refractivity (Wildman–Crippen MR) is 133 cm³/mol. The van der Waals surface area contributed by atoms with Gasteiger partial charge < -0.3 is 14.8 Å². The largest absolute Gasteiger partial charge is 0.358 e. The van der Waals surface area contributed by atoms with E-state index in [-0.39, 0.29) is 42.6 Å². The third-order valence-electron chi connectivity index (χ3n) is 7.01. The summed E-state index contributed by atoms with van der Waals surface area (Å²) in [6.45, 7) is 4.44. The number of sulfonamides is 1. The van der Waals surface area contributed by atoms with Gasteiger partial charge in [-0.2, -0.15) is 4.31 Å². The molecule has 9 heteroatoms. The molecule has 1 fully saturated rings. The van der Waals surface area contributed by atoms with E-state index in [9.17, 15) is 18.0 Å². The van der Waals surface area contributed by atoms with Gasteiger partial charge in [-0.15, -0.1) is 0 Å². The van der Waals surface area contributed by atoms with Crippen molar-refractivity contribution in [2.24, 2.45) is 0 Å². The lowest BCUT2D eigenvalue weighted by Gasteiger charge is -2.34. The van der Waals surface area contributed by atoms with Crippen LogP contribution in [0.3, 0.4) is 0 Å². The van der Waals surface area contributed by atoms with Crippen LogP contribution in [0.1, 0.15) is 29.7 Å². The first-order chi connectivity index (χ1) is 16.8. The fourth-order valence-corrected chi connectivity index (χ4v) is 6.43. The van der Waals surface area contributed by atoms with E-state index < -0.39 is 10.0 Å². The second kappa shape index (κ2) is 9.47. The first-order valence-electron chi connectivity index (χ1n) is 12.0. The fraction of sp³-hybridized carbons (Fsp3) is 0.385. The van der Waals surface area contributed by atoms with E-state index in [0.29, 0.717) is 26.2 Å². The molecular weight excluding hydrogens is 464 g/mol. The summed E-state index contributed by atoms with van der Waals surface area (Å²) in [5.41, 5.74) is 4.64. The van der Waals surface area contributed by atoms with Gasteiger partial charge in [0.2, 0.25) is 21.8 Å². The summed E-state index contributed by atoms with van der Waals surface area (Å²) in [5.74, 6) is -0.119. The van der Waals surface area contributed by atoms with E-state index in [1.165, 1.54) is 21.1 Å². The number of fused-ring (bicyclic) bond motifs is 3. The summed E-state index contributed by atoms with van der Waals surface area (Å²) >= 11 is 0. The molecule has 0 unspecified atom stereocenters. The van der Waals surface area contributed by atoms with Crippen LogP contribution in [-0.4, -0.2) is 72.0 Å². The summed E-state index contributed by atoms with van der Waals surface area (Å²) in [6.07, 6.45) is 1.08. The van der Waals surface area contributed by atoms with Crippen molar-refractivity contribution in [3.63, 3.8) is 0 Å². The summed E-state index contributed by atoms with van der Waals surface area (Å²) in [4.78, 5) is 32.9. The molecule has 1 aromatic heterocycles. The average Bonchev–Trinajstić information content (AvgIpc) is 3.24. The van der Waals surface area contributed by atoms with Crippen LogP contribution in [0.4, 0.5) is 0 Å². The number of aromatic amines is 1. The summed E-state index contributed by atoms with van der Waals surface area (Å²) in [6, 6.07) is 14.7. The molecule has 0 spiro atoms. The number of H-pyrrole nitrogens is 1. The third-order valence-corrected chi connectivity index (χ3v) is 8.92. The fourth-order valence-electron chi connectivity index (χ4n) is 4.99. The number of rotatable bonds is 5. The smallest absolute Gasteiger partial charge is 0.243 e. The zero-order chi connectivity index (χ0) is 24.6. The molecule has 0 bridgehead atoms. The molecule has 2 aliphatic heterocycles. The maximum absolute atomic E-state index is 12.9. The topological polar surface area (TPSA) is 93.8 Å². The van der Waals surface area contributed by atoms with Crippen molar-refractivity contribution in [1.29, 1.82) is 0 Å².